The van der Waals surface area contributed by atoms with Crippen molar-refractivity contribution in [2.24, 2.45) is 23.5 Å². The number of carbonyl (C=O) groups is 13. The number of aldehydes is 1. The highest BCUT2D eigenvalue weighted by molar-refractivity contribution is 6.41. The molecule has 2 saturated heterocycles. The molecule has 5 aromatic rings. The zero-order chi connectivity index (χ0) is 88.7. The molecule has 32 nitrogen and oxygen atoms in total. The maximum Gasteiger partial charge on any atom is 0.326 e. The van der Waals surface area contributed by atoms with Crippen molar-refractivity contribution >= 4 is 87.7 Å². The number of phenolic OH excluding ortho intramolecular Hbond substituents is 3. The number of ketones is 4. The molecule has 0 aliphatic carbocycles. The number of aliphatic hydroxyl groups excluding tert-OH is 1. The van der Waals surface area contributed by atoms with Gasteiger partial charge >= 0.3 is 11.9 Å². The third-order valence-electron chi connectivity index (χ3n) is 21.3. The van der Waals surface area contributed by atoms with Crippen molar-refractivity contribution in [3.05, 3.63) is 126 Å². The van der Waals surface area contributed by atoms with Gasteiger partial charge in [0.2, 0.25) is 47.0 Å². The van der Waals surface area contributed by atoms with Crippen LogP contribution in [0.1, 0.15) is 167 Å². The molecule has 664 valence electrons. The first-order valence-corrected chi connectivity index (χ1v) is 42.2. The zero-order valence-corrected chi connectivity index (χ0v) is 71.4. The number of primary amides is 1. The fourth-order valence-corrected chi connectivity index (χ4v) is 14.5. The minimum atomic E-state index is -1.79. The number of nitrogens with two attached hydrogens (primary N) is 1. The number of ether oxygens (including phenoxy) is 1. The summed E-state index contributed by atoms with van der Waals surface area (Å²) in [6.45, 7) is 14.2. The van der Waals surface area contributed by atoms with E-state index in [9.17, 15) is 87.9 Å². The number of carboxylic acids is 1. The van der Waals surface area contributed by atoms with Gasteiger partial charge in [0.05, 0.1) is 50.3 Å². The van der Waals surface area contributed by atoms with Crippen LogP contribution in [0.25, 0.3) is 10.9 Å². The lowest BCUT2D eigenvalue weighted by atomic mass is 9.91. The number of carbonyl (C=O) groups excluding carboxylic acids is 12. The van der Waals surface area contributed by atoms with Crippen LogP contribution in [-0.2, 0) is 92.7 Å². The van der Waals surface area contributed by atoms with E-state index in [0.717, 1.165) is 74.5 Å². The molecule has 1 aromatic heterocycles. The van der Waals surface area contributed by atoms with Crippen molar-refractivity contribution in [1.29, 1.82) is 0 Å². The summed E-state index contributed by atoms with van der Waals surface area (Å²) < 4.78 is 5.41. The molecular weight excluding hydrogens is 1560 g/mol. The Bertz CT molecular complexity index is 4170. The number of H-pyrrole nitrogens is 1. The number of hydrazine groups is 1. The molecule has 6 amide bonds. The van der Waals surface area contributed by atoms with E-state index >= 15 is 0 Å². The van der Waals surface area contributed by atoms with Gasteiger partial charge < -0.3 is 87.5 Å². The van der Waals surface area contributed by atoms with E-state index < -0.39 is 133 Å². The minimum absolute atomic E-state index is 0.00995. The van der Waals surface area contributed by atoms with E-state index in [1.54, 1.807) is 38.2 Å². The maximum absolute atomic E-state index is 14.9. The SMILES string of the molecule is CC(C)C[C@@H]1NN(CC(=O)N[C@@H](Cc2ccc(O)cc2)C(=O)O)CCCCN(C)CCCC[C@H](CN[C@H](C=O)Cc2ccc(O)cc2)C(=O)N[C@@H](Cc2c[nH]c3ccccc23)C(=O)NC(CO)C(=O)N[C@@H](CCC(N)=O)C(=O)NC(Cc2ccc(O)cc2)C(=O)C1=O.CCC(=O)CN1CCCCN(C)CCCC[C@H](CCC(=O)OC(C)(C)C)C(=O)C1. The van der Waals surface area contributed by atoms with Gasteiger partial charge in [-0.3, -0.25) is 57.6 Å². The molecule has 32 heteroatoms. The highest BCUT2D eigenvalue weighted by Crippen LogP contribution is 2.24. The van der Waals surface area contributed by atoms with Crippen molar-refractivity contribution in [1.82, 2.24) is 62.0 Å². The van der Waals surface area contributed by atoms with Gasteiger partial charge in [-0.15, -0.1) is 0 Å². The molecule has 9 atom stereocenters. The largest absolute Gasteiger partial charge is 0.508 e. The average Bonchev–Trinajstić information content (AvgIpc) is 1.81. The van der Waals surface area contributed by atoms with Crippen LogP contribution in [-0.4, -0.2) is 261 Å². The van der Waals surface area contributed by atoms with Gasteiger partial charge in [-0.25, -0.2) is 15.2 Å². The Morgan fingerprint density at radius 3 is 1.69 bits per heavy atom. The minimum Gasteiger partial charge on any atom is -0.508 e. The number of nitrogens with one attached hydrogen (secondary N) is 8. The number of Topliss-reactive ketones (excluding diaryl/α,β-unsaturated/α-hetero) is 4. The van der Waals surface area contributed by atoms with E-state index in [0.29, 0.717) is 81.4 Å². The van der Waals surface area contributed by atoms with Crippen LogP contribution in [0.5, 0.6) is 17.2 Å². The van der Waals surface area contributed by atoms with Gasteiger partial charge in [0.15, 0.2) is 0 Å². The number of para-hydroxylation sites is 1. The number of aliphatic hydroxyl groups is 1. The number of aliphatic carboxylic acids is 1. The summed E-state index contributed by atoms with van der Waals surface area (Å²) in [7, 11) is 4.05. The Morgan fingerprint density at radius 2 is 1.12 bits per heavy atom. The quantitative estimate of drug-likeness (QED) is 0.0181. The van der Waals surface area contributed by atoms with Gasteiger partial charge in [0.25, 0.3) is 0 Å². The maximum atomic E-state index is 14.9. The second-order valence-corrected chi connectivity index (χ2v) is 33.3. The molecule has 121 heavy (non-hydrogen) atoms. The van der Waals surface area contributed by atoms with E-state index in [1.807, 2.05) is 57.8 Å². The van der Waals surface area contributed by atoms with Crippen molar-refractivity contribution in [2.45, 2.75) is 218 Å². The Labute approximate surface area is 709 Å². The monoisotopic (exact) mass is 1680 g/mol. The number of hydrogen-bond acceptors (Lipinski definition) is 24. The molecule has 15 N–H and O–H groups in total. The Morgan fingerprint density at radius 1 is 0.603 bits per heavy atom. The number of aromatic nitrogens is 1. The summed E-state index contributed by atoms with van der Waals surface area (Å²) in [5.74, 6) is -10.1. The van der Waals surface area contributed by atoms with Crippen LogP contribution in [0.2, 0.25) is 0 Å². The molecule has 2 unspecified atom stereocenters. The molecule has 2 aliphatic rings. The lowest BCUT2D eigenvalue weighted by Gasteiger charge is -2.30. The smallest absolute Gasteiger partial charge is 0.326 e. The summed E-state index contributed by atoms with van der Waals surface area (Å²) in [5, 5.41) is 69.2. The number of amides is 6. The Kier molecular flexibility index (Phi) is 42.3. The number of rotatable bonds is 28. The highest BCUT2D eigenvalue weighted by atomic mass is 16.6. The number of phenols is 3. The Hall–Kier alpha value is -10.3. The number of carboxylic acid groups (broad SMARTS) is 1. The predicted octanol–water partition coefficient (Wildman–Crippen LogP) is 4.82. The molecule has 2 fully saturated rings. The standard InChI is InChI=1S/C66H87N11O15.C23H42N2O4/c1-40(2)30-54-61(86)60(85)53(32-42-15-21-48(81)22-16-42)72-63(88)52(25-26-58(67)83)71-65(90)57(39-79)74-64(89)55(34-45-36-69-51-12-5-4-11-50(45)51)73-62(87)44(35-68-46(38-78)31-41-13-19-47(80)20-14-41)10-6-7-27-76(3)28-8-9-29-77(75-54)37-59(84)70-56(66(91)92)33-43-17-23-49(82)24-18-43;1-6-20(26)17-25-16-10-9-15-24(5)14-8-7-11-19(21(27)18-25)12-13-22(28)29-23(2,3)4/h4-5,11-24,36,38,40,44,46,52-57,68-69,75,79-82H,6-10,25-35,37,39H2,1-3H3,(H2,67,83)(H,70,84)(H,71,90)(H,72,88)(H,73,87)(H,74,89)(H,91,92);19H,6-18H2,1-5H3/t44-,46+,52+,53?,54+,55+,56+,57?;19-/m11/s1. The summed E-state index contributed by atoms with van der Waals surface area (Å²) >= 11 is 0. The van der Waals surface area contributed by atoms with E-state index in [1.165, 1.54) is 65.7 Å². The first-order valence-electron chi connectivity index (χ1n) is 42.2. The van der Waals surface area contributed by atoms with Crippen molar-refractivity contribution < 1.29 is 92.6 Å². The van der Waals surface area contributed by atoms with Crippen LogP contribution < -0.4 is 43.1 Å². The number of fused-ring (bicyclic) bond motifs is 1. The van der Waals surface area contributed by atoms with Crippen LogP contribution >= 0.6 is 0 Å². The molecule has 0 spiro atoms. The second kappa shape index (κ2) is 51.4. The fourth-order valence-electron chi connectivity index (χ4n) is 14.5. The number of nitrogens with zero attached hydrogens (tertiary/aromatic N) is 4. The van der Waals surface area contributed by atoms with Crippen LogP contribution in [0, 0.1) is 17.8 Å². The number of aromatic hydroxyl groups is 3. The summed E-state index contributed by atoms with van der Waals surface area (Å²) in [5.41, 5.74) is 11.1. The van der Waals surface area contributed by atoms with Crippen LogP contribution in [0.3, 0.4) is 0 Å². The Balaban J connectivity index is 0.000000659. The average molecular weight is 1690 g/mol. The van der Waals surface area contributed by atoms with Gasteiger partial charge in [0, 0.05) is 74.6 Å². The van der Waals surface area contributed by atoms with Crippen LogP contribution in [0.4, 0.5) is 0 Å². The van der Waals surface area contributed by atoms with E-state index in [-0.39, 0.29) is 105 Å². The van der Waals surface area contributed by atoms with Crippen molar-refractivity contribution in [2.75, 3.05) is 86.1 Å². The number of esters is 1. The van der Waals surface area contributed by atoms with Gasteiger partial charge in [-0.1, -0.05) is 88.2 Å². The molecule has 2 aliphatic heterocycles. The number of aromatic amines is 1. The number of benzene rings is 4. The van der Waals surface area contributed by atoms with Crippen LogP contribution in [0.15, 0.2) is 103 Å². The fraction of sp³-hybridized carbons (Fsp3) is 0.562. The molecule has 7 rings (SSSR count). The zero-order valence-electron chi connectivity index (χ0n) is 71.4. The normalized spacial score (nSPS) is 21.2. The molecule has 3 heterocycles. The van der Waals surface area contributed by atoms with Gasteiger partial charge in [0.1, 0.15) is 64.9 Å². The highest BCUT2D eigenvalue weighted by Gasteiger charge is 2.38. The molecule has 0 bridgehead atoms. The predicted molar refractivity (Wildman–Crippen MR) is 456 cm³/mol. The van der Waals surface area contributed by atoms with E-state index in [4.69, 9.17) is 10.5 Å². The van der Waals surface area contributed by atoms with Gasteiger partial charge in [-0.2, -0.15) is 0 Å². The van der Waals surface area contributed by atoms with Crippen molar-refractivity contribution in [3.63, 3.8) is 0 Å². The lowest BCUT2D eigenvalue weighted by molar-refractivity contribution is -0.155. The van der Waals surface area contributed by atoms with Crippen molar-refractivity contribution in [3.8, 4) is 17.2 Å². The third-order valence-corrected chi connectivity index (χ3v) is 21.3. The molecular formula is C89H129N13O19. The van der Waals surface area contributed by atoms with Gasteiger partial charge in [-0.05, 0) is 215 Å². The first-order chi connectivity index (χ1) is 57.6. The molecule has 4 aromatic carbocycles. The molecule has 0 saturated carbocycles. The first kappa shape index (κ1) is 99.5. The lowest BCUT2D eigenvalue weighted by Crippen LogP contribution is -2.60. The summed E-state index contributed by atoms with van der Waals surface area (Å²) in [6.07, 6.45) is 9.61. The topological polar surface area (TPSA) is 471 Å². The molecule has 0 radical (unpaired) electrons. The third kappa shape index (κ3) is 36.9. The second-order valence-electron chi connectivity index (χ2n) is 33.3. The van der Waals surface area contributed by atoms with E-state index in [2.05, 4.69) is 59.2 Å². The summed E-state index contributed by atoms with van der Waals surface area (Å²) in [4.78, 5) is 186. The number of hydrogen-bond donors (Lipinski definition) is 14. The summed E-state index contributed by atoms with van der Waals surface area (Å²) in [6, 6.07) is 14.9.